The van der Waals surface area contributed by atoms with Crippen LogP contribution in [0.3, 0.4) is 0 Å². The molecular formula is C29H42N4O3. The summed E-state index contributed by atoms with van der Waals surface area (Å²) in [5.74, 6) is 0.673. The molecule has 1 aromatic carbocycles. The summed E-state index contributed by atoms with van der Waals surface area (Å²) >= 11 is 0. The Hall–Kier alpha value is -2.54. The highest BCUT2D eigenvalue weighted by molar-refractivity contribution is 6.03. The maximum atomic E-state index is 14.0. The van der Waals surface area contributed by atoms with Crippen LogP contribution in [0, 0.1) is 0 Å². The van der Waals surface area contributed by atoms with Crippen molar-refractivity contribution in [1.82, 2.24) is 19.7 Å². The first-order valence-electron chi connectivity index (χ1n) is 13.9. The van der Waals surface area contributed by atoms with Crippen LogP contribution in [-0.4, -0.2) is 70.5 Å². The van der Waals surface area contributed by atoms with Crippen molar-refractivity contribution in [3.63, 3.8) is 0 Å². The zero-order valence-electron chi connectivity index (χ0n) is 22.2. The minimum absolute atomic E-state index is 0.0233. The molecule has 2 unspecified atom stereocenters. The standard InChI is InChI=1S/C29H42N4O3/c1-21-10-8-9-15-31(21)16-17-33-27(34)26-18-22-13-14-24(36-3)19-25(22)32(26)20-29(33,2)28(35)30-23-11-6-4-5-7-12-23/h13-14,18-19,21,23H,4-12,15-17,20H2,1-3H3,(H,30,35). The number of fused-ring (bicyclic) bond motifs is 3. The van der Waals surface area contributed by atoms with Gasteiger partial charge in [-0.1, -0.05) is 32.1 Å². The number of carbonyl (C=O) groups is 2. The summed E-state index contributed by atoms with van der Waals surface area (Å²) in [6.45, 7) is 7.11. The summed E-state index contributed by atoms with van der Waals surface area (Å²) < 4.78 is 7.50. The maximum absolute atomic E-state index is 14.0. The molecule has 0 spiro atoms. The van der Waals surface area contributed by atoms with E-state index in [2.05, 4.69) is 17.1 Å². The lowest BCUT2D eigenvalue weighted by Gasteiger charge is -2.46. The summed E-state index contributed by atoms with van der Waals surface area (Å²) in [4.78, 5) is 32.4. The summed E-state index contributed by atoms with van der Waals surface area (Å²) in [7, 11) is 1.65. The number of hydrogen-bond donors (Lipinski definition) is 1. The normalized spacial score (nSPS) is 26.0. The van der Waals surface area contributed by atoms with Crippen molar-refractivity contribution >= 4 is 22.7 Å². The first-order chi connectivity index (χ1) is 17.4. The van der Waals surface area contributed by atoms with Crippen molar-refractivity contribution in [2.75, 3.05) is 26.7 Å². The predicted octanol–water partition coefficient (Wildman–Crippen LogP) is 4.58. The number of nitrogens with one attached hydrogen (secondary N) is 1. The molecule has 3 heterocycles. The predicted molar refractivity (Wildman–Crippen MR) is 142 cm³/mol. The molecule has 2 amide bonds. The molecule has 5 rings (SSSR count). The van der Waals surface area contributed by atoms with Crippen LogP contribution in [0.2, 0.25) is 0 Å². The number of hydrogen-bond acceptors (Lipinski definition) is 4. The van der Waals surface area contributed by atoms with E-state index in [1.165, 1.54) is 32.1 Å². The Labute approximate surface area is 215 Å². The summed E-state index contributed by atoms with van der Waals surface area (Å²) in [5.41, 5.74) is 0.643. The average Bonchev–Trinajstić information content (AvgIpc) is 3.04. The largest absolute Gasteiger partial charge is 0.497 e. The van der Waals surface area contributed by atoms with E-state index >= 15 is 0 Å². The van der Waals surface area contributed by atoms with Crippen molar-refractivity contribution in [3.8, 4) is 5.75 Å². The van der Waals surface area contributed by atoms with Crippen molar-refractivity contribution in [2.45, 2.75) is 95.8 Å². The van der Waals surface area contributed by atoms with Gasteiger partial charge in [-0.3, -0.25) is 14.5 Å². The van der Waals surface area contributed by atoms with Gasteiger partial charge in [0.05, 0.1) is 19.2 Å². The van der Waals surface area contributed by atoms with Crippen molar-refractivity contribution in [3.05, 3.63) is 30.0 Å². The van der Waals surface area contributed by atoms with Gasteiger partial charge in [-0.15, -0.1) is 0 Å². The van der Waals surface area contributed by atoms with Gasteiger partial charge in [-0.05, 0) is 64.3 Å². The Morgan fingerprint density at radius 2 is 1.81 bits per heavy atom. The Kier molecular flexibility index (Phi) is 7.29. The molecule has 7 nitrogen and oxygen atoms in total. The molecule has 1 aromatic heterocycles. The zero-order chi connectivity index (χ0) is 25.3. The van der Waals surface area contributed by atoms with Gasteiger partial charge < -0.3 is 19.5 Å². The minimum atomic E-state index is -0.954. The Morgan fingerprint density at radius 1 is 1.06 bits per heavy atom. The fourth-order valence-electron chi connectivity index (χ4n) is 6.49. The molecule has 2 atom stereocenters. The van der Waals surface area contributed by atoms with Gasteiger partial charge in [-0.25, -0.2) is 0 Å². The highest BCUT2D eigenvalue weighted by Gasteiger charge is 2.48. The van der Waals surface area contributed by atoms with E-state index in [1.54, 1.807) is 7.11 Å². The van der Waals surface area contributed by atoms with E-state index in [4.69, 9.17) is 4.74 Å². The number of nitrogens with zero attached hydrogens (tertiary/aromatic N) is 3. The SMILES string of the molecule is COc1ccc2cc3n(c2c1)CC(C)(C(=O)NC1CCCCCC1)N(CCN1CCCCC1C)C3=O. The Balaban J connectivity index is 1.47. The van der Waals surface area contributed by atoms with Crippen molar-refractivity contribution < 1.29 is 14.3 Å². The van der Waals surface area contributed by atoms with Gasteiger partial charge in [0.15, 0.2) is 0 Å². The highest BCUT2D eigenvalue weighted by Crippen LogP contribution is 2.34. The van der Waals surface area contributed by atoms with Crippen LogP contribution in [0.4, 0.5) is 0 Å². The lowest BCUT2D eigenvalue weighted by molar-refractivity contribution is -0.133. The third-order valence-corrected chi connectivity index (χ3v) is 8.87. The van der Waals surface area contributed by atoms with Gasteiger partial charge in [0, 0.05) is 36.6 Å². The van der Waals surface area contributed by atoms with Gasteiger partial charge in [0.25, 0.3) is 5.91 Å². The number of aromatic nitrogens is 1. The fourth-order valence-corrected chi connectivity index (χ4v) is 6.49. The number of rotatable bonds is 6. The van der Waals surface area contributed by atoms with E-state index in [1.807, 2.05) is 40.7 Å². The van der Waals surface area contributed by atoms with E-state index in [0.717, 1.165) is 55.4 Å². The lowest BCUT2D eigenvalue weighted by atomic mass is 9.93. The van der Waals surface area contributed by atoms with Gasteiger partial charge >= 0.3 is 0 Å². The molecule has 7 heteroatoms. The number of amides is 2. The number of carbonyl (C=O) groups excluding carboxylic acids is 2. The first kappa shape index (κ1) is 25.1. The van der Waals surface area contributed by atoms with Crippen molar-refractivity contribution in [2.24, 2.45) is 0 Å². The van der Waals surface area contributed by atoms with E-state index in [9.17, 15) is 9.59 Å². The molecule has 2 aromatic rings. The van der Waals surface area contributed by atoms with Crippen molar-refractivity contribution in [1.29, 1.82) is 0 Å². The summed E-state index contributed by atoms with van der Waals surface area (Å²) in [6, 6.07) is 8.57. The summed E-state index contributed by atoms with van der Waals surface area (Å²) in [6.07, 6.45) is 10.5. The van der Waals surface area contributed by atoms with Crippen LogP contribution in [0.25, 0.3) is 10.9 Å². The molecule has 196 valence electrons. The smallest absolute Gasteiger partial charge is 0.271 e. The number of piperidine rings is 1. The van der Waals surface area contributed by atoms with Crippen LogP contribution in [0.1, 0.15) is 82.1 Å². The molecular weight excluding hydrogens is 452 g/mol. The molecule has 1 N–H and O–H groups in total. The number of methoxy groups -OCH3 is 1. The summed E-state index contributed by atoms with van der Waals surface area (Å²) in [5, 5.41) is 4.37. The quantitative estimate of drug-likeness (QED) is 0.597. The molecule has 0 bridgehead atoms. The highest BCUT2D eigenvalue weighted by atomic mass is 16.5. The molecule has 0 radical (unpaired) electrons. The first-order valence-corrected chi connectivity index (χ1v) is 13.9. The number of ether oxygens (including phenoxy) is 1. The van der Waals surface area contributed by atoms with E-state index in [-0.39, 0.29) is 17.9 Å². The third-order valence-electron chi connectivity index (χ3n) is 8.87. The van der Waals surface area contributed by atoms with Crippen LogP contribution < -0.4 is 10.1 Å². The van der Waals surface area contributed by atoms with Crippen LogP contribution in [-0.2, 0) is 11.3 Å². The van der Waals surface area contributed by atoms with E-state index in [0.29, 0.717) is 24.8 Å². The van der Waals surface area contributed by atoms with Crippen LogP contribution >= 0.6 is 0 Å². The average molecular weight is 495 g/mol. The fraction of sp³-hybridized carbons (Fsp3) is 0.655. The molecule has 36 heavy (non-hydrogen) atoms. The maximum Gasteiger partial charge on any atom is 0.271 e. The lowest BCUT2D eigenvalue weighted by Crippen LogP contribution is -2.66. The van der Waals surface area contributed by atoms with Gasteiger partial charge in [0.1, 0.15) is 17.0 Å². The molecule has 1 saturated heterocycles. The van der Waals surface area contributed by atoms with Gasteiger partial charge in [0.2, 0.25) is 5.91 Å². The molecule has 1 saturated carbocycles. The Morgan fingerprint density at radius 3 is 2.53 bits per heavy atom. The van der Waals surface area contributed by atoms with Crippen LogP contribution in [0.5, 0.6) is 5.75 Å². The van der Waals surface area contributed by atoms with Gasteiger partial charge in [-0.2, -0.15) is 0 Å². The third kappa shape index (κ3) is 4.74. The monoisotopic (exact) mass is 494 g/mol. The molecule has 2 aliphatic heterocycles. The second-order valence-electron chi connectivity index (χ2n) is 11.3. The topological polar surface area (TPSA) is 66.8 Å². The zero-order valence-corrected chi connectivity index (χ0v) is 22.2. The Bertz CT molecular complexity index is 1100. The minimum Gasteiger partial charge on any atom is -0.497 e. The second kappa shape index (κ2) is 10.4. The van der Waals surface area contributed by atoms with Crippen LogP contribution in [0.15, 0.2) is 24.3 Å². The molecule has 1 aliphatic carbocycles. The second-order valence-corrected chi connectivity index (χ2v) is 11.3. The number of benzene rings is 1. The molecule has 2 fully saturated rings. The van der Waals surface area contributed by atoms with E-state index < -0.39 is 5.54 Å². The molecule has 3 aliphatic rings. The number of likely N-dealkylation sites (tertiary alicyclic amines) is 1.